The van der Waals surface area contributed by atoms with Gasteiger partial charge in [0.05, 0.1) is 18.3 Å². The average Bonchev–Trinajstić information content (AvgIpc) is 3.10. The first-order chi connectivity index (χ1) is 25.6. The van der Waals surface area contributed by atoms with E-state index in [4.69, 9.17) is 22.4 Å². The van der Waals surface area contributed by atoms with Gasteiger partial charge in [-0.1, -0.05) is 102 Å². The molecule has 0 radical (unpaired) electrons. The van der Waals surface area contributed by atoms with Crippen molar-refractivity contribution in [1.29, 1.82) is 0 Å². The molecule has 0 aliphatic rings. The van der Waals surface area contributed by atoms with Gasteiger partial charge in [0.15, 0.2) is 16.6 Å². The smallest absolute Gasteiger partial charge is 0.343 e. The van der Waals surface area contributed by atoms with Crippen LogP contribution < -0.4 is 14.2 Å². The van der Waals surface area contributed by atoms with Crippen molar-refractivity contribution in [2.24, 2.45) is 0 Å². The maximum absolute atomic E-state index is 12.8. The number of hydrogen-bond acceptors (Lipinski definition) is 6. The summed E-state index contributed by atoms with van der Waals surface area (Å²) in [5.41, 5.74) is 2.63. The maximum Gasteiger partial charge on any atom is 0.343 e. The van der Waals surface area contributed by atoms with Crippen LogP contribution in [0.4, 0.5) is 0 Å². The first-order valence-corrected chi connectivity index (χ1v) is 30.2. The second-order valence-corrected chi connectivity index (χ2v) is 29.7. The first kappa shape index (κ1) is 45.7. The molecule has 0 aliphatic carbocycles. The van der Waals surface area contributed by atoms with Crippen molar-refractivity contribution in [3.8, 4) is 28.4 Å². The molecule has 1 unspecified atom stereocenters. The molecule has 1 atom stereocenters. The van der Waals surface area contributed by atoms with Gasteiger partial charge in [0.25, 0.3) is 0 Å². The third-order valence-corrected chi connectivity index (χ3v) is 19.6. The molecule has 0 N–H and O–H groups in total. The van der Waals surface area contributed by atoms with Crippen LogP contribution in [0, 0.1) is 0 Å². The number of benzene rings is 3. The van der Waals surface area contributed by atoms with E-state index in [1.807, 2.05) is 48.5 Å². The quantitative estimate of drug-likeness (QED) is 0.0332. The summed E-state index contributed by atoms with van der Waals surface area (Å²) in [5.74, 6) is 1.80. The molecule has 0 bridgehead atoms. The van der Waals surface area contributed by atoms with Crippen LogP contribution in [0.1, 0.15) is 114 Å². The van der Waals surface area contributed by atoms with Crippen molar-refractivity contribution in [3.63, 3.8) is 0 Å². The minimum atomic E-state index is -2.03. The Morgan fingerprint density at radius 2 is 1.07 bits per heavy atom. The topological polar surface area (TPSA) is 63.2 Å². The van der Waals surface area contributed by atoms with E-state index in [9.17, 15) is 4.79 Å². The molecule has 0 saturated carbocycles. The predicted octanol–water partition coefficient (Wildman–Crippen LogP) is 14.0. The number of rotatable bonds is 27. The monoisotopic (exact) mass is 792 g/mol. The lowest BCUT2D eigenvalue weighted by molar-refractivity contribution is 0.0734. The lowest BCUT2D eigenvalue weighted by Gasteiger charge is -2.37. The fraction of sp³-hybridized carbons (Fsp3) is 0.578. The van der Waals surface area contributed by atoms with Crippen LogP contribution in [0.25, 0.3) is 11.1 Å². The Labute approximate surface area is 332 Å². The number of esters is 1. The minimum Gasteiger partial charge on any atom is -0.494 e. The standard InChI is InChI=1S/C45H72O6Si3/c1-10-11-12-20-23-38(2)48-43-32-34-44(35-33-43)49-45(46)41-26-24-39(25-27-41)40-28-30-42(31-29-40)47-36-21-18-16-14-13-15-17-19-22-37-53(6,7)51-54(8,9)50-52(3,4)5/h24-35,38H,10-23,36-37H2,1-9H3. The Hall–Kier alpha value is -2.70. The summed E-state index contributed by atoms with van der Waals surface area (Å²) in [5, 5.41) is 0. The molecule has 3 aromatic carbocycles. The molecule has 0 amide bonds. The van der Waals surface area contributed by atoms with E-state index in [-0.39, 0.29) is 12.1 Å². The average molecular weight is 793 g/mol. The second-order valence-electron chi connectivity index (χ2n) is 17.0. The second kappa shape index (κ2) is 23.4. The molecule has 300 valence electrons. The third kappa shape index (κ3) is 19.2. The lowest BCUT2D eigenvalue weighted by atomic mass is 10.0. The van der Waals surface area contributed by atoms with Gasteiger partial charge in [-0.15, -0.1) is 0 Å². The van der Waals surface area contributed by atoms with Crippen LogP contribution in [-0.2, 0) is 8.23 Å². The SMILES string of the molecule is CCCCCCC(C)Oc1ccc(OC(=O)c2ccc(-c3ccc(OCCCCCCCCCCC[Si](C)(C)O[Si](C)(C)O[Si](C)(C)C)cc3)cc2)cc1. The lowest BCUT2D eigenvalue weighted by Crippen LogP contribution is -2.51. The Kier molecular flexibility index (Phi) is 19.8. The molecule has 0 fully saturated rings. The molecule has 54 heavy (non-hydrogen) atoms. The van der Waals surface area contributed by atoms with Gasteiger partial charge in [-0.25, -0.2) is 4.79 Å². The fourth-order valence-corrected chi connectivity index (χ4v) is 20.3. The number of ether oxygens (including phenoxy) is 3. The molecule has 0 saturated heterocycles. The van der Waals surface area contributed by atoms with Gasteiger partial charge in [0.2, 0.25) is 0 Å². The molecule has 6 nitrogen and oxygen atoms in total. The van der Waals surface area contributed by atoms with Gasteiger partial charge in [0, 0.05) is 0 Å². The van der Waals surface area contributed by atoms with Crippen LogP contribution >= 0.6 is 0 Å². The van der Waals surface area contributed by atoms with Crippen molar-refractivity contribution in [1.82, 2.24) is 0 Å². The molecule has 0 spiro atoms. The molecule has 0 aromatic heterocycles. The highest BCUT2D eigenvalue weighted by molar-refractivity contribution is 6.87. The first-order valence-electron chi connectivity index (χ1n) is 20.9. The van der Waals surface area contributed by atoms with E-state index in [1.54, 1.807) is 12.1 Å². The Morgan fingerprint density at radius 3 is 1.65 bits per heavy atom. The molecular weight excluding hydrogens is 721 g/mol. The van der Waals surface area contributed by atoms with E-state index in [0.29, 0.717) is 11.3 Å². The minimum absolute atomic E-state index is 0.162. The summed E-state index contributed by atoms with van der Waals surface area (Å²) in [6, 6.07) is 24.3. The molecule has 9 heteroatoms. The van der Waals surface area contributed by atoms with E-state index in [1.165, 1.54) is 83.1 Å². The summed E-state index contributed by atoms with van der Waals surface area (Å²) < 4.78 is 30.7. The van der Waals surface area contributed by atoms with E-state index in [2.05, 4.69) is 71.8 Å². The van der Waals surface area contributed by atoms with Crippen molar-refractivity contribution >= 4 is 31.2 Å². The molecule has 0 aliphatic heterocycles. The van der Waals surface area contributed by atoms with Crippen molar-refractivity contribution in [2.45, 2.75) is 162 Å². The van der Waals surface area contributed by atoms with Crippen LogP contribution in [0.15, 0.2) is 72.8 Å². The van der Waals surface area contributed by atoms with Crippen molar-refractivity contribution in [3.05, 3.63) is 78.4 Å². The van der Waals surface area contributed by atoms with Crippen LogP contribution in [0.2, 0.25) is 51.9 Å². The van der Waals surface area contributed by atoms with E-state index >= 15 is 0 Å². The number of carbonyl (C=O) groups excluding carboxylic acids is 1. The Morgan fingerprint density at radius 1 is 0.574 bits per heavy atom. The predicted molar refractivity (Wildman–Crippen MR) is 234 cm³/mol. The zero-order valence-corrected chi connectivity index (χ0v) is 38.3. The highest BCUT2D eigenvalue weighted by Gasteiger charge is 2.37. The van der Waals surface area contributed by atoms with Gasteiger partial charge in [-0.05, 0) is 138 Å². The van der Waals surface area contributed by atoms with Crippen molar-refractivity contribution in [2.75, 3.05) is 6.61 Å². The summed E-state index contributed by atoms with van der Waals surface area (Å²) >= 11 is 0. The zero-order valence-electron chi connectivity index (χ0n) is 35.3. The summed E-state index contributed by atoms with van der Waals surface area (Å²) in [4.78, 5) is 12.8. The van der Waals surface area contributed by atoms with Crippen LogP contribution in [0.5, 0.6) is 17.2 Å². The molecular formula is C45H72O6Si3. The molecule has 3 rings (SSSR count). The van der Waals surface area contributed by atoms with Gasteiger partial charge in [-0.2, -0.15) is 0 Å². The van der Waals surface area contributed by atoms with E-state index < -0.39 is 25.2 Å². The fourth-order valence-electron chi connectivity index (χ4n) is 7.00. The van der Waals surface area contributed by atoms with Gasteiger partial charge in [-0.3, -0.25) is 0 Å². The largest absolute Gasteiger partial charge is 0.494 e. The summed E-state index contributed by atoms with van der Waals surface area (Å²) in [6.07, 6.45) is 17.6. The highest BCUT2D eigenvalue weighted by Crippen LogP contribution is 2.27. The maximum atomic E-state index is 12.8. The van der Waals surface area contributed by atoms with Gasteiger partial charge in [0.1, 0.15) is 17.2 Å². The number of unbranched alkanes of at least 4 members (excludes halogenated alkanes) is 11. The number of carbonyl (C=O) groups is 1. The van der Waals surface area contributed by atoms with Crippen molar-refractivity contribution < 1.29 is 27.2 Å². The molecule has 0 heterocycles. The Balaban J connectivity index is 1.25. The summed E-state index contributed by atoms with van der Waals surface area (Å²) in [7, 11) is -5.26. The Bertz CT molecular complexity index is 1470. The normalized spacial score (nSPS) is 12.8. The molecule has 3 aromatic rings. The highest BCUT2D eigenvalue weighted by atomic mass is 28.5. The van der Waals surface area contributed by atoms with Gasteiger partial charge >= 0.3 is 14.5 Å². The van der Waals surface area contributed by atoms with Crippen LogP contribution in [-0.4, -0.2) is 43.9 Å². The number of hydrogen-bond donors (Lipinski definition) is 0. The zero-order chi connectivity index (χ0) is 39.5. The van der Waals surface area contributed by atoms with Crippen LogP contribution in [0.3, 0.4) is 0 Å². The van der Waals surface area contributed by atoms with E-state index in [0.717, 1.165) is 42.1 Å². The third-order valence-electron chi connectivity index (χ3n) is 9.41. The summed E-state index contributed by atoms with van der Waals surface area (Å²) in [6.45, 7) is 21.0. The van der Waals surface area contributed by atoms with Gasteiger partial charge < -0.3 is 22.4 Å².